The molecule has 2 aromatic heterocycles. The van der Waals surface area contributed by atoms with Crippen molar-refractivity contribution in [2.45, 2.75) is 19.0 Å². The van der Waals surface area contributed by atoms with Crippen LogP contribution in [0.15, 0.2) is 71.5 Å². The second kappa shape index (κ2) is 8.91. The predicted molar refractivity (Wildman–Crippen MR) is 140 cm³/mol. The Kier molecular flexibility index (Phi) is 5.24. The standard InChI is InChI=1S/C28H24N6O4/c1-36-20-8-6-17(7-9-20)15-34-27(30-31-32-34)26(33-11-10-18-4-2-3-5-23(18)33)21-12-19-13-24-25(38-16-37-24)14-22(19)29-28(21)35/h2-9,12-14,26H,10-11,15-16H2,1H3,(H,29,35)/t26-/m1/s1. The Balaban J connectivity index is 1.37. The smallest absolute Gasteiger partial charge is 0.254 e. The third kappa shape index (κ3) is 3.73. The molecular weight excluding hydrogens is 484 g/mol. The van der Waals surface area contributed by atoms with Crippen LogP contribution in [-0.2, 0) is 13.0 Å². The summed E-state index contributed by atoms with van der Waals surface area (Å²) in [5.74, 6) is 2.64. The average molecular weight is 509 g/mol. The molecule has 0 radical (unpaired) electrons. The van der Waals surface area contributed by atoms with Crippen molar-refractivity contribution < 1.29 is 14.2 Å². The second-order valence-electron chi connectivity index (χ2n) is 9.36. The monoisotopic (exact) mass is 508 g/mol. The number of para-hydroxylation sites is 1. The Hall–Kier alpha value is -4.86. The molecule has 38 heavy (non-hydrogen) atoms. The van der Waals surface area contributed by atoms with E-state index in [1.54, 1.807) is 17.9 Å². The fourth-order valence-corrected chi connectivity index (χ4v) is 5.32. The molecule has 0 aliphatic carbocycles. The summed E-state index contributed by atoms with van der Waals surface area (Å²) in [6, 6.07) is 21.1. The summed E-state index contributed by atoms with van der Waals surface area (Å²) in [7, 11) is 1.64. The summed E-state index contributed by atoms with van der Waals surface area (Å²) in [6.45, 7) is 1.34. The van der Waals surface area contributed by atoms with Crippen molar-refractivity contribution in [2.24, 2.45) is 0 Å². The van der Waals surface area contributed by atoms with Crippen LogP contribution < -0.4 is 24.7 Å². The maximum absolute atomic E-state index is 13.6. The number of H-pyrrole nitrogens is 1. The van der Waals surface area contributed by atoms with E-state index < -0.39 is 6.04 Å². The zero-order valence-electron chi connectivity index (χ0n) is 20.6. The van der Waals surface area contributed by atoms with Crippen LogP contribution in [0, 0.1) is 0 Å². The van der Waals surface area contributed by atoms with Gasteiger partial charge in [-0.15, -0.1) is 5.10 Å². The molecule has 0 amide bonds. The molecule has 5 aromatic rings. The minimum atomic E-state index is -0.509. The molecule has 1 N–H and O–H groups in total. The van der Waals surface area contributed by atoms with Crippen LogP contribution in [0.2, 0.25) is 0 Å². The van der Waals surface area contributed by atoms with Crippen molar-refractivity contribution in [1.29, 1.82) is 0 Å². The number of nitrogens with one attached hydrogen (secondary N) is 1. The number of ether oxygens (including phenoxy) is 3. The quantitative estimate of drug-likeness (QED) is 0.372. The van der Waals surface area contributed by atoms with Crippen LogP contribution in [0.25, 0.3) is 10.9 Å². The second-order valence-corrected chi connectivity index (χ2v) is 9.36. The lowest BCUT2D eigenvalue weighted by Gasteiger charge is -2.29. The van der Waals surface area contributed by atoms with Crippen molar-refractivity contribution in [1.82, 2.24) is 25.2 Å². The van der Waals surface area contributed by atoms with Gasteiger partial charge in [-0.05, 0) is 58.3 Å². The number of pyridine rings is 1. The van der Waals surface area contributed by atoms with E-state index >= 15 is 0 Å². The third-order valence-corrected chi connectivity index (χ3v) is 7.19. The van der Waals surface area contributed by atoms with E-state index in [9.17, 15) is 4.79 Å². The van der Waals surface area contributed by atoms with Gasteiger partial charge in [-0.2, -0.15) is 0 Å². The van der Waals surface area contributed by atoms with Crippen molar-refractivity contribution in [3.05, 3.63) is 99.6 Å². The van der Waals surface area contributed by atoms with Gasteiger partial charge in [0, 0.05) is 29.2 Å². The minimum Gasteiger partial charge on any atom is -0.497 e. The van der Waals surface area contributed by atoms with Gasteiger partial charge in [-0.3, -0.25) is 4.79 Å². The third-order valence-electron chi connectivity index (χ3n) is 7.19. The summed E-state index contributed by atoms with van der Waals surface area (Å²) < 4.78 is 18.1. The summed E-state index contributed by atoms with van der Waals surface area (Å²) in [5.41, 5.74) is 4.35. The number of hydrogen-bond acceptors (Lipinski definition) is 8. The highest BCUT2D eigenvalue weighted by Gasteiger charge is 2.34. The topological polar surface area (TPSA) is 107 Å². The number of hydrogen-bond donors (Lipinski definition) is 1. The van der Waals surface area contributed by atoms with Gasteiger partial charge in [0.1, 0.15) is 11.8 Å². The van der Waals surface area contributed by atoms with Gasteiger partial charge in [-0.25, -0.2) is 4.68 Å². The van der Waals surface area contributed by atoms with E-state index in [0.717, 1.165) is 35.4 Å². The lowest BCUT2D eigenvalue weighted by Crippen LogP contribution is -2.34. The van der Waals surface area contributed by atoms with E-state index in [4.69, 9.17) is 14.2 Å². The highest BCUT2D eigenvalue weighted by Crippen LogP contribution is 2.39. The lowest BCUT2D eigenvalue weighted by atomic mass is 10.0. The van der Waals surface area contributed by atoms with E-state index in [-0.39, 0.29) is 12.4 Å². The van der Waals surface area contributed by atoms with Gasteiger partial charge >= 0.3 is 0 Å². The molecule has 4 heterocycles. The molecule has 1 atom stereocenters. The Morgan fingerprint density at radius 2 is 1.87 bits per heavy atom. The van der Waals surface area contributed by atoms with Gasteiger partial charge in [0.2, 0.25) is 6.79 Å². The normalized spacial score (nSPS) is 14.6. The highest BCUT2D eigenvalue weighted by atomic mass is 16.7. The zero-order chi connectivity index (χ0) is 25.6. The first kappa shape index (κ1) is 22.3. The summed E-state index contributed by atoms with van der Waals surface area (Å²) in [5, 5.41) is 13.6. The first-order valence-corrected chi connectivity index (χ1v) is 12.4. The van der Waals surface area contributed by atoms with Gasteiger partial charge in [0.15, 0.2) is 17.3 Å². The largest absolute Gasteiger partial charge is 0.497 e. The molecule has 0 bridgehead atoms. The molecular formula is C28H24N6O4. The predicted octanol–water partition coefficient (Wildman–Crippen LogP) is 3.45. The van der Waals surface area contributed by atoms with Crippen LogP contribution in [0.1, 0.15) is 28.6 Å². The van der Waals surface area contributed by atoms with Crippen molar-refractivity contribution in [3.8, 4) is 17.2 Å². The van der Waals surface area contributed by atoms with Gasteiger partial charge in [-0.1, -0.05) is 30.3 Å². The van der Waals surface area contributed by atoms with E-state index in [1.807, 2.05) is 48.5 Å². The average Bonchev–Trinajstić information content (AvgIpc) is 3.69. The lowest BCUT2D eigenvalue weighted by molar-refractivity contribution is 0.174. The van der Waals surface area contributed by atoms with Gasteiger partial charge in [0.25, 0.3) is 5.56 Å². The highest BCUT2D eigenvalue weighted by molar-refractivity contribution is 5.83. The van der Waals surface area contributed by atoms with Crippen LogP contribution in [0.4, 0.5) is 5.69 Å². The molecule has 190 valence electrons. The molecule has 0 fully saturated rings. The molecule has 0 spiro atoms. The van der Waals surface area contributed by atoms with Crippen LogP contribution in [0.5, 0.6) is 17.2 Å². The van der Waals surface area contributed by atoms with Crippen molar-refractivity contribution in [3.63, 3.8) is 0 Å². The number of tetrazole rings is 1. The summed E-state index contributed by atoms with van der Waals surface area (Å²) in [6.07, 6.45) is 0.872. The fraction of sp³-hybridized carbons (Fsp3) is 0.214. The molecule has 2 aliphatic heterocycles. The van der Waals surface area contributed by atoms with Crippen molar-refractivity contribution >= 4 is 16.6 Å². The number of aromatic nitrogens is 5. The molecule has 7 rings (SSSR count). The Labute approximate surface area is 217 Å². The Morgan fingerprint density at radius 1 is 1.05 bits per heavy atom. The number of benzene rings is 3. The molecule has 0 saturated carbocycles. The number of methoxy groups -OCH3 is 1. The summed E-state index contributed by atoms with van der Waals surface area (Å²) in [4.78, 5) is 18.9. The van der Waals surface area contributed by atoms with Crippen molar-refractivity contribution in [2.75, 3.05) is 25.3 Å². The van der Waals surface area contributed by atoms with Crippen LogP contribution in [-0.4, -0.2) is 45.6 Å². The van der Waals surface area contributed by atoms with Crippen LogP contribution in [0.3, 0.4) is 0 Å². The number of nitrogens with zero attached hydrogens (tertiary/aromatic N) is 5. The fourth-order valence-electron chi connectivity index (χ4n) is 5.32. The van der Waals surface area contributed by atoms with Crippen LogP contribution >= 0.6 is 0 Å². The number of aromatic amines is 1. The maximum atomic E-state index is 13.6. The minimum absolute atomic E-state index is 0.163. The zero-order valence-corrected chi connectivity index (χ0v) is 20.6. The molecule has 10 nitrogen and oxygen atoms in total. The van der Waals surface area contributed by atoms with Gasteiger partial charge < -0.3 is 24.1 Å². The SMILES string of the molecule is COc1ccc(Cn2nnnc2[C@@H](c2cc3cc4c(cc3[nH]c2=O)OCO4)N2CCc3ccccc32)cc1. The summed E-state index contributed by atoms with van der Waals surface area (Å²) >= 11 is 0. The number of rotatable bonds is 6. The van der Waals surface area contributed by atoms with E-state index in [1.165, 1.54) is 5.56 Å². The van der Waals surface area contributed by atoms with E-state index in [2.05, 4.69) is 37.5 Å². The number of fused-ring (bicyclic) bond motifs is 3. The molecule has 2 aliphatic rings. The molecule has 0 saturated heterocycles. The maximum Gasteiger partial charge on any atom is 0.254 e. The first-order valence-electron chi connectivity index (χ1n) is 12.4. The van der Waals surface area contributed by atoms with Gasteiger partial charge in [0.05, 0.1) is 19.2 Å². The number of anilines is 1. The molecule has 3 aromatic carbocycles. The Bertz CT molecular complexity index is 1710. The first-order chi connectivity index (χ1) is 18.7. The van der Waals surface area contributed by atoms with E-state index in [0.29, 0.717) is 34.9 Å². The molecule has 0 unspecified atom stereocenters. The Morgan fingerprint density at radius 3 is 2.71 bits per heavy atom. The molecule has 10 heteroatoms.